The van der Waals surface area contributed by atoms with Gasteiger partial charge in [-0.05, 0) is 75.8 Å². The first-order valence-electron chi connectivity index (χ1n) is 8.08. The molecule has 1 unspecified atom stereocenters. The molecule has 0 aliphatic heterocycles. The summed E-state index contributed by atoms with van der Waals surface area (Å²) in [5.74, 6) is 0. The van der Waals surface area contributed by atoms with Crippen molar-refractivity contribution in [3.63, 3.8) is 0 Å². The van der Waals surface area contributed by atoms with Crippen LogP contribution in [0, 0.1) is 0 Å². The molecule has 0 radical (unpaired) electrons. The maximum absolute atomic E-state index is 5.63. The molecule has 3 heteroatoms. The van der Waals surface area contributed by atoms with E-state index in [2.05, 4.69) is 29.2 Å². The van der Waals surface area contributed by atoms with E-state index in [0.29, 0.717) is 6.04 Å². The SMILES string of the molecule is NCCCCN(CCCCN)C1CCc2ccccc21. The Labute approximate surface area is 123 Å². The van der Waals surface area contributed by atoms with Gasteiger partial charge in [0, 0.05) is 6.04 Å². The van der Waals surface area contributed by atoms with E-state index in [4.69, 9.17) is 11.5 Å². The highest BCUT2D eigenvalue weighted by Gasteiger charge is 2.26. The molecule has 4 N–H and O–H groups in total. The number of hydrogen-bond acceptors (Lipinski definition) is 3. The molecule has 0 saturated heterocycles. The molecule has 0 fully saturated rings. The Morgan fingerprint density at radius 1 is 0.950 bits per heavy atom. The van der Waals surface area contributed by atoms with Gasteiger partial charge in [0.15, 0.2) is 0 Å². The summed E-state index contributed by atoms with van der Waals surface area (Å²) in [5, 5.41) is 0. The number of nitrogens with two attached hydrogens (primary N) is 2. The first-order valence-corrected chi connectivity index (χ1v) is 8.08. The van der Waals surface area contributed by atoms with Crippen LogP contribution in [0.3, 0.4) is 0 Å². The molecule has 2 rings (SSSR count). The van der Waals surface area contributed by atoms with E-state index in [1.54, 1.807) is 11.1 Å². The van der Waals surface area contributed by atoms with E-state index in [0.717, 1.165) is 25.9 Å². The number of fused-ring (bicyclic) bond motifs is 1. The molecule has 1 aromatic carbocycles. The lowest BCUT2D eigenvalue weighted by Gasteiger charge is -2.29. The van der Waals surface area contributed by atoms with Crippen LogP contribution in [-0.4, -0.2) is 31.1 Å². The zero-order valence-corrected chi connectivity index (χ0v) is 12.6. The van der Waals surface area contributed by atoms with Gasteiger partial charge >= 0.3 is 0 Å². The maximum atomic E-state index is 5.63. The van der Waals surface area contributed by atoms with Crippen LogP contribution in [0.1, 0.15) is 49.3 Å². The lowest BCUT2D eigenvalue weighted by molar-refractivity contribution is 0.190. The zero-order valence-electron chi connectivity index (χ0n) is 12.6. The highest BCUT2D eigenvalue weighted by Crippen LogP contribution is 2.35. The molecular weight excluding hydrogens is 246 g/mol. The molecule has 0 saturated carbocycles. The van der Waals surface area contributed by atoms with Crippen molar-refractivity contribution >= 4 is 0 Å². The van der Waals surface area contributed by atoms with Crippen LogP contribution in [0.15, 0.2) is 24.3 Å². The van der Waals surface area contributed by atoms with Gasteiger partial charge in [0.1, 0.15) is 0 Å². The second-order valence-electron chi connectivity index (χ2n) is 5.78. The van der Waals surface area contributed by atoms with E-state index in [-0.39, 0.29) is 0 Å². The van der Waals surface area contributed by atoms with Crippen molar-refractivity contribution in [2.24, 2.45) is 11.5 Å². The van der Waals surface area contributed by atoms with E-state index >= 15 is 0 Å². The van der Waals surface area contributed by atoms with Gasteiger partial charge < -0.3 is 11.5 Å². The van der Waals surface area contributed by atoms with Crippen molar-refractivity contribution in [2.75, 3.05) is 26.2 Å². The average Bonchev–Trinajstić information content (AvgIpc) is 2.90. The number of benzene rings is 1. The van der Waals surface area contributed by atoms with Gasteiger partial charge in [0.25, 0.3) is 0 Å². The quantitative estimate of drug-likeness (QED) is 0.681. The summed E-state index contributed by atoms with van der Waals surface area (Å²) in [6.45, 7) is 3.94. The van der Waals surface area contributed by atoms with E-state index in [9.17, 15) is 0 Å². The Bertz CT molecular complexity index is 382. The first kappa shape index (κ1) is 15.5. The number of aryl methyl sites for hydroxylation is 1. The molecule has 0 heterocycles. The van der Waals surface area contributed by atoms with Gasteiger partial charge in [-0.3, -0.25) is 4.90 Å². The summed E-state index contributed by atoms with van der Waals surface area (Å²) in [6, 6.07) is 9.55. The first-order chi connectivity index (χ1) is 9.86. The number of unbranched alkanes of at least 4 members (excludes halogenated alkanes) is 2. The van der Waals surface area contributed by atoms with E-state index in [1.165, 1.54) is 38.8 Å². The lowest BCUT2D eigenvalue weighted by Crippen LogP contribution is -2.30. The number of nitrogens with zero attached hydrogens (tertiary/aromatic N) is 1. The summed E-state index contributed by atoms with van der Waals surface area (Å²) < 4.78 is 0. The predicted molar refractivity (Wildman–Crippen MR) is 85.7 cm³/mol. The van der Waals surface area contributed by atoms with Crippen LogP contribution < -0.4 is 11.5 Å². The van der Waals surface area contributed by atoms with Crippen LogP contribution in [-0.2, 0) is 6.42 Å². The van der Waals surface area contributed by atoms with Gasteiger partial charge in [-0.15, -0.1) is 0 Å². The van der Waals surface area contributed by atoms with Gasteiger partial charge in [-0.25, -0.2) is 0 Å². The van der Waals surface area contributed by atoms with Gasteiger partial charge in [0.2, 0.25) is 0 Å². The Kier molecular flexibility index (Phi) is 6.51. The van der Waals surface area contributed by atoms with Crippen LogP contribution in [0.25, 0.3) is 0 Å². The minimum Gasteiger partial charge on any atom is -0.330 e. The van der Waals surface area contributed by atoms with Crippen molar-refractivity contribution in [2.45, 2.75) is 44.6 Å². The molecule has 20 heavy (non-hydrogen) atoms. The fourth-order valence-corrected chi connectivity index (χ4v) is 3.26. The third-order valence-electron chi connectivity index (χ3n) is 4.34. The summed E-state index contributed by atoms with van der Waals surface area (Å²) in [7, 11) is 0. The van der Waals surface area contributed by atoms with Crippen LogP contribution in [0.5, 0.6) is 0 Å². The van der Waals surface area contributed by atoms with Crippen molar-refractivity contribution in [1.82, 2.24) is 4.90 Å². The topological polar surface area (TPSA) is 55.3 Å². The Morgan fingerprint density at radius 2 is 1.60 bits per heavy atom. The normalized spacial score (nSPS) is 17.6. The summed E-state index contributed by atoms with van der Waals surface area (Å²) in [5.41, 5.74) is 14.4. The fraction of sp³-hybridized carbons (Fsp3) is 0.647. The number of hydrogen-bond donors (Lipinski definition) is 2. The second-order valence-corrected chi connectivity index (χ2v) is 5.78. The molecule has 1 aliphatic rings. The summed E-state index contributed by atoms with van der Waals surface area (Å²) in [4.78, 5) is 2.66. The third-order valence-corrected chi connectivity index (χ3v) is 4.34. The molecule has 0 amide bonds. The predicted octanol–water partition coefficient (Wildman–Crippen LogP) is 2.45. The Hall–Kier alpha value is -0.900. The highest BCUT2D eigenvalue weighted by molar-refractivity contribution is 5.34. The molecular formula is C17H29N3. The van der Waals surface area contributed by atoms with Crippen molar-refractivity contribution in [3.05, 3.63) is 35.4 Å². The molecule has 0 aromatic heterocycles. The highest BCUT2D eigenvalue weighted by atomic mass is 15.2. The standard InChI is InChI=1S/C17H29N3/c18-11-3-5-13-20(14-6-4-12-19)17-10-9-15-7-1-2-8-16(15)17/h1-2,7-8,17H,3-6,9-14,18-19H2. The van der Waals surface area contributed by atoms with Gasteiger partial charge in [0.05, 0.1) is 0 Å². The molecule has 1 aliphatic carbocycles. The Balaban J connectivity index is 1.98. The molecule has 0 spiro atoms. The minimum atomic E-state index is 0.613. The molecule has 112 valence electrons. The molecule has 0 bridgehead atoms. The zero-order chi connectivity index (χ0) is 14.2. The van der Waals surface area contributed by atoms with Crippen molar-refractivity contribution in [1.29, 1.82) is 0 Å². The summed E-state index contributed by atoms with van der Waals surface area (Å²) in [6.07, 6.45) is 7.16. The minimum absolute atomic E-state index is 0.613. The van der Waals surface area contributed by atoms with Crippen molar-refractivity contribution in [3.8, 4) is 0 Å². The van der Waals surface area contributed by atoms with Crippen LogP contribution in [0.4, 0.5) is 0 Å². The monoisotopic (exact) mass is 275 g/mol. The third kappa shape index (κ3) is 4.05. The molecule has 1 aromatic rings. The summed E-state index contributed by atoms with van der Waals surface area (Å²) >= 11 is 0. The van der Waals surface area contributed by atoms with Crippen LogP contribution in [0.2, 0.25) is 0 Å². The average molecular weight is 275 g/mol. The van der Waals surface area contributed by atoms with Crippen molar-refractivity contribution < 1.29 is 0 Å². The molecule has 1 atom stereocenters. The second kappa shape index (κ2) is 8.40. The molecule has 3 nitrogen and oxygen atoms in total. The van der Waals surface area contributed by atoms with E-state index in [1.807, 2.05) is 0 Å². The van der Waals surface area contributed by atoms with Gasteiger partial charge in [-0.1, -0.05) is 24.3 Å². The lowest BCUT2D eigenvalue weighted by atomic mass is 10.1. The smallest absolute Gasteiger partial charge is 0.0354 e. The number of rotatable bonds is 9. The fourth-order valence-electron chi connectivity index (χ4n) is 3.26. The van der Waals surface area contributed by atoms with E-state index < -0.39 is 0 Å². The van der Waals surface area contributed by atoms with Gasteiger partial charge in [-0.2, -0.15) is 0 Å². The largest absolute Gasteiger partial charge is 0.330 e. The maximum Gasteiger partial charge on any atom is 0.0354 e. The van der Waals surface area contributed by atoms with Crippen LogP contribution >= 0.6 is 0 Å². The Morgan fingerprint density at radius 3 is 2.25 bits per heavy atom.